The van der Waals surface area contributed by atoms with Crippen molar-refractivity contribution in [2.45, 2.75) is 70.9 Å². The molecule has 0 aromatic carbocycles. The lowest BCUT2D eigenvalue weighted by atomic mass is 10.1. The quantitative estimate of drug-likeness (QED) is 0.519. The van der Waals surface area contributed by atoms with Gasteiger partial charge in [-0.25, -0.2) is 19.3 Å². The van der Waals surface area contributed by atoms with Crippen molar-refractivity contribution in [2.24, 2.45) is 0 Å². The normalized spacial score (nSPS) is 19.1. The van der Waals surface area contributed by atoms with E-state index >= 15 is 0 Å². The highest BCUT2D eigenvalue weighted by Crippen LogP contribution is 2.24. The maximum atomic E-state index is 12.8. The Balaban J connectivity index is 1.31. The minimum absolute atomic E-state index is 0.0434. The van der Waals surface area contributed by atoms with E-state index in [-0.39, 0.29) is 30.1 Å². The minimum Gasteiger partial charge on any atom is -0.444 e. The molecular weight excluding hydrogens is 472 g/mol. The number of carbonyl (C=O) groups excluding carboxylic acids is 2. The fourth-order valence-electron chi connectivity index (χ4n) is 4.67. The van der Waals surface area contributed by atoms with Gasteiger partial charge in [-0.15, -0.1) is 0 Å². The van der Waals surface area contributed by atoms with Gasteiger partial charge in [-0.3, -0.25) is 4.79 Å². The number of nitrogens with zero attached hydrogens (tertiary/aromatic N) is 6. The average Bonchev–Trinajstić information content (AvgIpc) is 3.52. The van der Waals surface area contributed by atoms with Crippen molar-refractivity contribution in [3.8, 4) is 0 Å². The zero-order valence-corrected chi connectivity index (χ0v) is 22.6. The molecule has 0 aliphatic carbocycles. The molecule has 1 atom stereocenters. The molecule has 2 aromatic rings. The number of amides is 2. The number of fused-ring (bicyclic) bond motifs is 1. The highest BCUT2D eigenvalue weighted by molar-refractivity contribution is 5.87. The lowest BCUT2D eigenvalue weighted by molar-refractivity contribution is -0.125. The first-order valence-electron chi connectivity index (χ1n) is 13.3. The van der Waals surface area contributed by atoms with E-state index in [1.165, 1.54) is 0 Å². The Bertz CT molecular complexity index is 1120. The lowest BCUT2D eigenvalue weighted by Gasteiger charge is -2.32. The van der Waals surface area contributed by atoms with E-state index in [0.29, 0.717) is 45.1 Å². The maximum Gasteiger partial charge on any atom is 0.410 e. The second kappa shape index (κ2) is 11.9. The molecule has 11 nitrogen and oxygen atoms in total. The van der Waals surface area contributed by atoms with Gasteiger partial charge in [0.25, 0.3) is 0 Å². The van der Waals surface area contributed by atoms with E-state index in [0.717, 1.165) is 35.8 Å². The van der Waals surface area contributed by atoms with Gasteiger partial charge in [-0.2, -0.15) is 5.10 Å². The maximum absolute atomic E-state index is 12.8. The summed E-state index contributed by atoms with van der Waals surface area (Å²) in [7, 11) is 1.83. The van der Waals surface area contributed by atoms with Crippen molar-refractivity contribution in [2.75, 3.05) is 45.1 Å². The molecular formula is C26H40N8O3. The summed E-state index contributed by atoms with van der Waals surface area (Å²) >= 11 is 0. The van der Waals surface area contributed by atoms with Crippen LogP contribution in [0.15, 0.2) is 18.3 Å². The third-order valence-corrected chi connectivity index (χ3v) is 6.91. The van der Waals surface area contributed by atoms with Crippen LogP contribution < -0.4 is 10.6 Å². The average molecular weight is 513 g/mol. The molecule has 2 saturated heterocycles. The van der Waals surface area contributed by atoms with Crippen molar-refractivity contribution >= 4 is 23.5 Å². The number of hydrogen-bond acceptors (Lipinski definition) is 8. The van der Waals surface area contributed by atoms with Crippen LogP contribution in [0.5, 0.6) is 0 Å². The molecule has 2 N–H and O–H groups in total. The summed E-state index contributed by atoms with van der Waals surface area (Å²) in [4.78, 5) is 37.9. The van der Waals surface area contributed by atoms with Gasteiger partial charge in [0.05, 0.1) is 18.4 Å². The zero-order valence-electron chi connectivity index (χ0n) is 22.6. The van der Waals surface area contributed by atoms with Gasteiger partial charge >= 0.3 is 6.09 Å². The third kappa shape index (κ3) is 6.38. The predicted octanol–water partition coefficient (Wildman–Crippen LogP) is 2.76. The van der Waals surface area contributed by atoms with Gasteiger partial charge in [0, 0.05) is 50.6 Å². The number of imidazole rings is 1. The molecule has 0 spiro atoms. The topological polar surface area (TPSA) is 117 Å². The molecule has 0 unspecified atom stereocenters. The Morgan fingerprint density at radius 3 is 2.51 bits per heavy atom. The van der Waals surface area contributed by atoms with Crippen molar-refractivity contribution in [1.82, 2.24) is 34.7 Å². The number of nitrogens with one attached hydrogen (secondary N) is 2. The van der Waals surface area contributed by atoms with Gasteiger partial charge < -0.3 is 25.2 Å². The van der Waals surface area contributed by atoms with Crippen molar-refractivity contribution in [1.29, 1.82) is 0 Å². The molecule has 11 heteroatoms. The van der Waals surface area contributed by atoms with Crippen LogP contribution in [0.3, 0.4) is 0 Å². The first-order chi connectivity index (χ1) is 17.8. The largest absolute Gasteiger partial charge is 0.444 e. The molecule has 0 radical (unpaired) electrons. The SMILES string of the molecule is CNC/C=C/C(=O)N1CC[C@H](OC(=O)N2CCC(Nc3nc(C(C)C)nn4c(C(C)C)cnc34)CC2)C1. The Kier molecular flexibility index (Phi) is 8.63. The van der Waals surface area contributed by atoms with Gasteiger partial charge in [0.2, 0.25) is 5.91 Å². The fraction of sp³-hybridized carbons (Fsp3) is 0.654. The number of likely N-dealkylation sites (N-methyl/N-ethyl adjacent to an activating group) is 1. The van der Waals surface area contributed by atoms with Crippen LogP contribution in [0.2, 0.25) is 0 Å². The highest BCUT2D eigenvalue weighted by Gasteiger charge is 2.31. The molecule has 37 heavy (non-hydrogen) atoms. The van der Waals surface area contributed by atoms with Crippen LogP contribution in [-0.2, 0) is 9.53 Å². The third-order valence-electron chi connectivity index (χ3n) is 6.91. The molecule has 2 aliphatic rings. The van der Waals surface area contributed by atoms with E-state index in [1.54, 1.807) is 22.0 Å². The standard InChI is InChI=1S/C26H40N8O3/c1-17(2)21-15-28-25-24(30-23(18(3)4)31-34(21)25)29-19-8-12-32(13-9-19)26(36)37-20-10-14-33(16-20)22(35)7-6-11-27-5/h6-7,15,17-20,27H,8-14,16H2,1-5H3,(H,29,30,31)/b7-6+/t20-/m0/s1. The van der Waals surface area contributed by atoms with Crippen molar-refractivity contribution in [3.63, 3.8) is 0 Å². The molecule has 202 valence electrons. The zero-order chi connectivity index (χ0) is 26.5. The Morgan fingerprint density at radius 1 is 1.11 bits per heavy atom. The van der Waals surface area contributed by atoms with Gasteiger partial charge in [0.1, 0.15) is 6.10 Å². The molecule has 2 aliphatic heterocycles. The van der Waals surface area contributed by atoms with Gasteiger partial charge in [0.15, 0.2) is 17.3 Å². The lowest BCUT2D eigenvalue weighted by Crippen LogP contribution is -2.44. The van der Waals surface area contributed by atoms with Crippen LogP contribution in [-0.4, -0.2) is 93.3 Å². The van der Waals surface area contributed by atoms with Crippen LogP contribution in [0, 0.1) is 0 Å². The number of carbonyl (C=O) groups is 2. The van der Waals surface area contributed by atoms with Crippen LogP contribution >= 0.6 is 0 Å². The minimum atomic E-state index is -0.301. The summed E-state index contributed by atoms with van der Waals surface area (Å²) in [5, 5.41) is 11.3. The number of piperidine rings is 1. The number of hydrogen-bond donors (Lipinski definition) is 2. The highest BCUT2D eigenvalue weighted by atomic mass is 16.6. The molecule has 0 saturated carbocycles. The summed E-state index contributed by atoms with van der Waals surface area (Å²) < 4.78 is 7.65. The van der Waals surface area contributed by atoms with E-state index in [1.807, 2.05) is 17.8 Å². The summed E-state index contributed by atoms with van der Waals surface area (Å²) in [5.41, 5.74) is 1.79. The molecule has 4 rings (SSSR count). The summed E-state index contributed by atoms with van der Waals surface area (Å²) in [6.07, 6.45) is 6.91. The number of aromatic nitrogens is 4. The molecule has 2 amide bonds. The van der Waals surface area contributed by atoms with Crippen LogP contribution in [0.25, 0.3) is 5.65 Å². The van der Waals surface area contributed by atoms with E-state index in [2.05, 4.69) is 43.3 Å². The molecule has 2 aromatic heterocycles. The van der Waals surface area contributed by atoms with E-state index in [9.17, 15) is 9.59 Å². The monoisotopic (exact) mass is 512 g/mol. The van der Waals surface area contributed by atoms with Crippen molar-refractivity contribution < 1.29 is 14.3 Å². The van der Waals surface area contributed by atoms with Gasteiger partial charge in [-0.05, 0) is 25.8 Å². The predicted molar refractivity (Wildman–Crippen MR) is 142 cm³/mol. The first kappa shape index (κ1) is 26.8. The van der Waals surface area contributed by atoms with Gasteiger partial charge in [-0.1, -0.05) is 33.8 Å². The number of ether oxygens (including phenoxy) is 1. The number of rotatable bonds is 8. The van der Waals surface area contributed by atoms with Crippen LogP contribution in [0.1, 0.15) is 70.3 Å². The summed E-state index contributed by atoms with van der Waals surface area (Å²) in [5.74, 6) is 1.96. The fourth-order valence-corrected chi connectivity index (χ4v) is 4.67. The van der Waals surface area contributed by atoms with Crippen LogP contribution in [0.4, 0.5) is 10.6 Å². The molecule has 4 heterocycles. The second-order valence-corrected chi connectivity index (χ2v) is 10.5. The smallest absolute Gasteiger partial charge is 0.410 e. The second-order valence-electron chi connectivity index (χ2n) is 10.5. The molecule has 0 bridgehead atoms. The Hall–Kier alpha value is -3.21. The first-order valence-corrected chi connectivity index (χ1v) is 13.3. The number of anilines is 1. The van der Waals surface area contributed by atoms with E-state index in [4.69, 9.17) is 14.8 Å². The Morgan fingerprint density at radius 2 is 1.84 bits per heavy atom. The Labute approximate surface area is 218 Å². The molecule has 2 fully saturated rings. The number of likely N-dealkylation sites (tertiary alicyclic amines) is 2. The van der Waals surface area contributed by atoms with Crippen molar-refractivity contribution in [3.05, 3.63) is 29.9 Å². The summed E-state index contributed by atoms with van der Waals surface area (Å²) in [6.45, 7) is 11.3. The summed E-state index contributed by atoms with van der Waals surface area (Å²) in [6, 6.07) is 0.172. The van der Waals surface area contributed by atoms with E-state index < -0.39 is 0 Å².